The number of hydrogen-bond donors (Lipinski definition) is 0. The first-order valence-electron chi connectivity index (χ1n) is 57.5. The van der Waals surface area contributed by atoms with Gasteiger partial charge in [0.25, 0.3) is 6.71 Å². The van der Waals surface area contributed by atoms with Gasteiger partial charge < -0.3 is 28.7 Å². The van der Waals surface area contributed by atoms with Gasteiger partial charge in [0, 0.05) is 112 Å². The van der Waals surface area contributed by atoms with Gasteiger partial charge in [-0.3, -0.25) is 0 Å². The van der Waals surface area contributed by atoms with Crippen molar-refractivity contribution in [1.82, 2.24) is 9.13 Å². The molecule has 19 aromatic rings. The van der Waals surface area contributed by atoms with Crippen LogP contribution in [-0.2, 0) is 37.9 Å². The summed E-state index contributed by atoms with van der Waals surface area (Å²) in [6.45, 7) is 42.4. The molecule has 2 aromatic heterocycles. The van der Waals surface area contributed by atoms with Gasteiger partial charge in [0.05, 0.1) is 60.9 Å². The summed E-state index contributed by atoms with van der Waals surface area (Å²) < 4.78 is 221. The van der Waals surface area contributed by atoms with Crippen LogP contribution in [0.4, 0.5) is 68.2 Å². The molecule has 0 atom stereocenters. The van der Waals surface area contributed by atoms with Crippen LogP contribution in [0.3, 0.4) is 0 Å². The van der Waals surface area contributed by atoms with E-state index in [1.54, 1.807) is 9.80 Å². The van der Waals surface area contributed by atoms with Gasteiger partial charge in [-0.05, 0) is 273 Å². The minimum absolute atomic E-state index is 0.134. The van der Waals surface area contributed by atoms with E-state index < -0.39 is 155 Å². The molecule has 6 nitrogen and oxygen atoms in total. The van der Waals surface area contributed by atoms with Crippen molar-refractivity contribution in [3.05, 3.63) is 415 Å². The predicted molar refractivity (Wildman–Crippen MR) is 591 cm³/mol. The molecule has 17 aromatic carbocycles. The molecular formula is C130H125BN6. The number of fused-ring (bicyclic) bond motifs is 10. The quantitative estimate of drug-likeness (QED) is 0.101. The summed E-state index contributed by atoms with van der Waals surface area (Å²) in [5.41, 5.74) is 8.54. The highest BCUT2D eigenvalue weighted by Gasteiger charge is 2.47. The average molecular weight is 1800 g/mol. The van der Waals surface area contributed by atoms with Crippen LogP contribution in [-0.4, -0.2) is 15.8 Å². The Hall–Kier alpha value is -14.4. The van der Waals surface area contributed by atoms with Crippen LogP contribution in [0.2, 0.25) is 0 Å². The Morgan fingerprint density at radius 3 is 0.774 bits per heavy atom. The summed E-state index contributed by atoms with van der Waals surface area (Å²) >= 11 is 0. The zero-order valence-corrected chi connectivity index (χ0v) is 82.0. The van der Waals surface area contributed by atoms with Gasteiger partial charge in [0.15, 0.2) is 0 Å². The van der Waals surface area contributed by atoms with Crippen LogP contribution in [0, 0.1) is 0 Å². The van der Waals surface area contributed by atoms with Crippen LogP contribution >= 0.6 is 0 Å². The first-order chi connectivity index (χ1) is 73.8. The molecule has 0 saturated carbocycles. The smallest absolute Gasteiger partial charge is 0.252 e. The van der Waals surface area contributed by atoms with Gasteiger partial charge in [0.2, 0.25) is 0 Å². The molecule has 0 N–H and O–H groups in total. The Morgan fingerprint density at radius 2 is 0.496 bits per heavy atom. The zero-order chi connectivity index (χ0) is 113. The highest BCUT2D eigenvalue weighted by atomic mass is 15.2. The van der Waals surface area contributed by atoms with Crippen molar-refractivity contribution < 1.29 is 27.4 Å². The summed E-state index contributed by atoms with van der Waals surface area (Å²) in [5.74, 6) is 0. The third kappa shape index (κ3) is 16.0. The van der Waals surface area contributed by atoms with E-state index in [4.69, 9.17) is 0 Å². The van der Waals surface area contributed by atoms with Gasteiger partial charge in [-0.25, -0.2) is 0 Å². The lowest BCUT2D eigenvalue weighted by Gasteiger charge is -2.47. The molecule has 21 rings (SSSR count). The lowest BCUT2D eigenvalue weighted by Crippen LogP contribution is -2.61. The second-order valence-corrected chi connectivity index (χ2v) is 43.9. The van der Waals surface area contributed by atoms with Crippen molar-refractivity contribution in [2.24, 2.45) is 0 Å². The largest absolute Gasteiger partial charge is 0.310 e. The second-order valence-electron chi connectivity index (χ2n) is 43.9. The summed E-state index contributed by atoms with van der Waals surface area (Å²) in [5, 5.41) is -1.03. The van der Waals surface area contributed by atoms with E-state index in [0.717, 1.165) is 33.4 Å². The van der Waals surface area contributed by atoms with Crippen LogP contribution in [0.25, 0.3) is 99.5 Å². The second kappa shape index (κ2) is 33.3. The molecule has 0 bridgehead atoms. The molecule has 0 spiro atoms. The molecular weight excluding hydrogens is 1660 g/mol. The topological polar surface area (TPSA) is 22.8 Å². The summed E-state index contributed by atoms with van der Waals surface area (Å²) in [6, 6.07) is 69.9. The maximum Gasteiger partial charge on any atom is 0.252 e. The third-order valence-corrected chi connectivity index (χ3v) is 27.3. The highest BCUT2D eigenvalue weighted by molar-refractivity contribution is 7.00. The van der Waals surface area contributed by atoms with E-state index in [2.05, 4.69) is 170 Å². The van der Waals surface area contributed by atoms with Crippen LogP contribution in [0.5, 0.6) is 0 Å². The van der Waals surface area contributed by atoms with E-state index in [1.165, 1.54) is 9.13 Å². The average Bonchev–Trinajstić information content (AvgIpc) is 1.66. The molecule has 0 unspecified atom stereocenters. The van der Waals surface area contributed by atoms with Gasteiger partial charge >= 0.3 is 0 Å². The number of hydrogen-bond acceptors (Lipinski definition) is 4. The molecule has 678 valence electrons. The standard InChI is InChI=1S/C130H125BN6/c1-124(2,3)88-50-58-95(59-51-88)132(96-60-52-89(53-61-96)125(4,5)6)99-68-72-115-109(80-99)103-46-34-36-48-113(103)134(115)101-66-70-111-117(82-101)136(122-105(84-38-26-22-27-39-84)74-92(128(13,14)15)75-106(122)85-40-28-23-29-41-85)119-78-94(130(19,20)21)79-120-121(119)131(111)112-71-67-102(83-118(112)137(120)123-107(86-42-30-24-31-43-86)76-93(129(16,17)18)77-108(123)87-44-32-25-33-45-87)135-114-49-37-35-47-104(114)110-81-100(69-73-116(110)135)133(97-62-54-90(55-63-97)126(7,8)9)98-64-56-91(57-65-98)127(10,11)12/h22-83H,1-21H3/i34D,35D,36D,37D,46D,47D,48D,49D,66D,67D,68D,69D,70D,71D,72D,73D,80D,81D,82D,83D. The van der Waals surface area contributed by atoms with Gasteiger partial charge in [-0.1, -0.05) is 364 Å². The van der Waals surface area contributed by atoms with Crippen molar-refractivity contribution >= 4 is 135 Å². The molecule has 2 aliphatic heterocycles. The lowest BCUT2D eigenvalue weighted by molar-refractivity contribution is 0.590. The number of benzene rings is 17. The number of para-hydroxylation sites is 2. The number of aromatic nitrogens is 2. The molecule has 0 aliphatic carbocycles. The summed E-state index contributed by atoms with van der Waals surface area (Å²) in [6.07, 6.45) is 0. The summed E-state index contributed by atoms with van der Waals surface area (Å²) in [4.78, 5) is 7.34. The monoisotopic (exact) mass is 1800 g/mol. The molecule has 0 radical (unpaired) electrons. The Bertz CT molecular complexity index is 8410. The minimum atomic E-state index is -1.68. The SMILES string of the molecule is [2H]c1c([2H])c(-n2c3c([2H])c([2H])c([2H])c([2H])c3c3c([2H])c(N(c4ccc(C(C)(C)C)cc4)c4ccc(C(C)(C)C)cc4)c([2H])c([2H])c32)c([2H])c2c1B1c3c(cc(C(C)(C)C)cc3N(c3c(-c4ccccc4)cc(C(C)(C)C)cc3-c3ccccc3)c3c([2H])c(-n4c5c([2H])c([2H])c([2H])c([2H])c5c5c([2H])c(N(c6ccc(C(C)(C)C)cc6)c6ccc(C(C)(C)C)cc6)c([2H])c([2H])c54)c([2H])c([2H])c31)N2c1c(-c2ccccc2)cc(C(C)(C)C)cc1-c1ccccc1. The fraction of sp³-hybridized carbons (Fsp3) is 0.215. The van der Waals surface area contributed by atoms with E-state index in [9.17, 15) is 27.4 Å². The zero-order valence-electron chi connectivity index (χ0n) is 102. The molecule has 7 heteroatoms. The van der Waals surface area contributed by atoms with Gasteiger partial charge in [-0.2, -0.15) is 0 Å². The van der Waals surface area contributed by atoms with Crippen molar-refractivity contribution in [2.75, 3.05) is 19.6 Å². The highest BCUT2D eigenvalue weighted by Crippen LogP contribution is 2.57. The predicted octanol–water partition coefficient (Wildman–Crippen LogP) is 34.7. The van der Waals surface area contributed by atoms with E-state index in [1.807, 2.05) is 240 Å². The van der Waals surface area contributed by atoms with E-state index in [-0.39, 0.29) is 98.9 Å². The molecule has 0 amide bonds. The maximum atomic E-state index is 12.3. The minimum Gasteiger partial charge on any atom is -0.310 e. The van der Waals surface area contributed by atoms with E-state index >= 15 is 0 Å². The van der Waals surface area contributed by atoms with Gasteiger partial charge in [0.1, 0.15) is 0 Å². The number of rotatable bonds is 14. The van der Waals surface area contributed by atoms with E-state index in [0.29, 0.717) is 101 Å². The Kier molecular flexibility index (Phi) is 16.6. The van der Waals surface area contributed by atoms with Crippen molar-refractivity contribution in [2.45, 2.75) is 183 Å². The van der Waals surface area contributed by atoms with Crippen LogP contribution in [0.1, 0.15) is 212 Å². The third-order valence-electron chi connectivity index (χ3n) is 27.3. The Morgan fingerprint density at radius 1 is 0.234 bits per heavy atom. The Balaban J connectivity index is 0.977. The fourth-order valence-electron chi connectivity index (χ4n) is 19.6. The molecule has 137 heavy (non-hydrogen) atoms. The lowest BCUT2D eigenvalue weighted by atomic mass is 9.33. The van der Waals surface area contributed by atoms with Crippen LogP contribution < -0.4 is 36.0 Å². The Labute approximate surface area is 840 Å². The van der Waals surface area contributed by atoms with Crippen molar-refractivity contribution in [1.29, 1.82) is 0 Å². The van der Waals surface area contributed by atoms with Gasteiger partial charge in [-0.15, -0.1) is 0 Å². The maximum absolute atomic E-state index is 12.3. The molecule has 4 heterocycles. The number of nitrogens with zero attached hydrogens (tertiary/aromatic N) is 6. The summed E-state index contributed by atoms with van der Waals surface area (Å²) in [7, 11) is 0. The van der Waals surface area contributed by atoms with Crippen LogP contribution in [0.15, 0.2) is 376 Å². The first kappa shape index (κ1) is 68.6. The normalized spacial score (nSPS) is 15.1. The first-order valence-corrected chi connectivity index (χ1v) is 47.5. The molecule has 2 aliphatic rings. The van der Waals surface area contributed by atoms with Crippen molar-refractivity contribution in [3.63, 3.8) is 0 Å². The number of anilines is 12. The molecule has 0 saturated heterocycles. The molecule has 0 fully saturated rings. The fourth-order valence-corrected chi connectivity index (χ4v) is 19.6. The van der Waals surface area contributed by atoms with Crippen molar-refractivity contribution in [3.8, 4) is 55.9 Å².